The normalized spacial score (nSPS) is 10.3. The minimum absolute atomic E-state index is 0.255. The first-order chi connectivity index (χ1) is 11.6. The molecule has 128 valence electrons. The Morgan fingerprint density at radius 3 is 2.71 bits per heavy atom. The van der Waals surface area contributed by atoms with E-state index in [1.165, 1.54) is 13.3 Å². The van der Waals surface area contributed by atoms with Crippen LogP contribution in [0.4, 0.5) is 11.5 Å². The Hall–Kier alpha value is -2.31. The number of hydrogen-bond acceptors (Lipinski definition) is 5. The summed E-state index contributed by atoms with van der Waals surface area (Å²) < 4.78 is 10.1. The third-order valence-electron chi connectivity index (χ3n) is 3.27. The summed E-state index contributed by atoms with van der Waals surface area (Å²) >= 11 is 6.04. The van der Waals surface area contributed by atoms with Crippen LogP contribution >= 0.6 is 11.6 Å². The smallest absolute Gasteiger partial charge is 0.257 e. The van der Waals surface area contributed by atoms with Crippen molar-refractivity contribution in [2.24, 2.45) is 0 Å². The average molecular weight is 350 g/mol. The zero-order chi connectivity index (χ0) is 17.4. The van der Waals surface area contributed by atoms with Crippen LogP contribution in [0.25, 0.3) is 0 Å². The van der Waals surface area contributed by atoms with Gasteiger partial charge in [0.05, 0.1) is 17.7 Å². The summed E-state index contributed by atoms with van der Waals surface area (Å²) in [6, 6.07) is 8.54. The van der Waals surface area contributed by atoms with Crippen molar-refractivity contribution in [3.05, 3.63) is 47.1 Å². The van der Waals surface area contributed by atoms with E-state index in [1.807, 2.05) is 0 Å². The predicted molar refractivity (Wildman–Crippen MR) is 95.2 cm³/mol. The molecule has 0 saturated carbocycles. The van der Waals surface area contributed by atoms with Gasteiger partial charge in [-0.15, -0.1) is 0 Å². The predicted octanol–water partition coefficient (Wildman–Crippen LogP) is 3.44. The summed E-state index contributed by atoms with van der Waals surface area (Å²) in [4.78, 5) is 16.5. The van der Waals surface area contributed by atoms with Crippen molar-refractivity contribution < 1.29 is 14.3 Å². The first kappa shape index (κ1) is 18.0. The van der Waals surface area contributed by atoms with E-state index in [-0.39, 0.29) is 5.91 Å². The van der Waals surface area contributed by atoms with Gasteiger partial charge in [0.25, 0.3) is 5.91 Å². The number of methoxy groups -OCH3 is 2. The van der Waals surface area contributed by atoms with Gasteiger partial charge in [-0.2, -0.15) is 0 Å². The van der Waals surface area contributed by atoms with E-state index in [0.717, 1.165) is 18.8 Å². The molecule has 0 aliphatic carbocycles. The van der Waals surface area contributed by atoms with E-state index in [4.69, 9.17) is 21.1 Å². The fourth-order valence-electron chi connectivity index (χ4n) is 2.01. The first-order valence-corrected chi connectivity index (χ1v) is 7.85. The van der Waals surface area contributed by atoms with Crippen LogP contribution in [0.1, 0.15) is 16.8 Å². The zero-order valence-corrected chi connectivity index (χ0v) is 14.4. The number of nitrogens with one attached hydrogen (secondary N) is 2. The van der Waals surface area contributed by atoms with Gasteiger partial charge >= 0.3 is 0 Å². The van der Waals surface area contributed by atoms with Gasteiger partial charge in [-0.25, -0.2) is 4.98 Å². The van der Waals surface area contributed by atoms with Gasteiger partial charge in [-0.05, 0) is 36.8 Å². The van der Waals surface area contributed by atoms with Crippen LogP contribution in [0.3, 0.4) is 0 Å². The van der Waals surface area contributed by atoms with Crippen molar-refractivity contribution in [2.45, 2.75) is 6.42 Å². The number of carbonyl (C=O) groups excluding carboxylic acids is 1. The molecule has 1 aromatic carbocycles. The summed E-state index contributed by atoms with van der Waals surface area (Å²) in [5, 5.41) is 6.37. The molecule has 1 aromatic heterocycles. The molecule has 1 heterocycles. The largest absolute Gasteiger partial charge is 0.495 e. The Morgan fingerprint density at radius 1 is 1.25 bits per heavy atom. The number of pyridine rings is 1. The van der Waals surface area contributed by atoms with Crippen LogP contribution in [-0.2, 0) is 4.74 Å². The molecule has 0 aliphatic heterocycles. The summed E-state index contributed by atoms with van der Waals surface area (Å²) in [5.41, 5.74) is 1.05. The topological polar surface area (TPSA) is 72.5 Å². The van der Waals surface area contributed by atoms with E-state index >= 15 is 0 Å². The molecule has 0 radical (unpaired) electrons. The molecule has 1 amide bonds. The van der Waals surface area contributed by atoms with Gasteiger partial charge in [0, 0.05) is 32.1 Å². The molecule has 0 spiro atoms. The van der Waals surface area contributed by atoms with E-state index in [1.54, 1.807) is 37.4 Å². The summed E-state index contributed by atoms with van der Waals surface area (Å²) in [6.07, 6.45) is 2.41. The third-order valence-corrected chi connectivity index (χ3v) is 3.56. The van der Waals surface area contributed by atoms with Crippen molar-refractivity contribution in [1.82, 2.24) is 4.98 Å². The number of anilines is 2. The van der Waals surface area contributed by atoms with Gasteiger partial charge in [0.15, 0.2) is 0 Å². The number of ether oxygens (including phenoxy) is 2. The molecular weight excluding hydrogens is 330 g/mol. The Morgan fingerprint density at radius 2 is 2.08 bits per heavy atom. The average Bonchev–Trinajstić information content (AvgIpc) is 2.59. The molecule has 0 aliphatic rings. The van der Waals surface area contributed by atoms with E-state index in [0.29, 0.717) is 28.6 Å². The van der Waals surface area contributed by atoms with Crippen molar-refractivity contribution >= 4 is 29.0 Å². The maximum absolute atomic E-state index is 12.2. The number of halogens is 1. The molecule has 2 rings (SSSR count). The quantitative estimate of drug-likeness (QED) is 0.714. The minimum Gasteiger partial charge on any atom is -0.495 e. The van der Waals surface area contributed by atoms with Gasteiger partial charge in [-0.1, -0.05) is 11.6 Å². The molecule has 0 atom stereocenters. The minimum atomic E-state index is -0.255. The zero-order valence-electron chi connectivity index (χ0n) is 13.6. The number of amides is 1. The fourth-order valence-corrected chi connectivity index (χ4v) is 2.27. The van der Waals surface area contributed by atoms with Gasteiger partial charge in [-0.3, -0.25) is 4.79 Å². The molecule has 0 fully saturated rings. The molecule has 0 bridgehead atoms. The summed E-state index contributed by atoms with van der Waals surface area (Å²) in [6.45, 7) is 1.45. The van der Waals surface area contributed by atoms with Gasteiger partial charge in [0.2, 0.25) is 0 Å². The highest BCUT2D eigenvalue weighted by atomic mass is 35.5. The Kier molecular flexibility index (Phi) is 6.84. The third kappa shape index (κ3) is 5.11. The molecule has 0 unspecified atom stereocenters. The van der Waals surface area contributed by atoms with Crippen LogP contribution in [0.5, 0.6) is 5.75 Å². The summed E-state index contributed by atoms with van der Waals surface area (Å²) in [5.74, 6) is 1.02. The molecule has 2 N–H and O–H groups in total. The number of hydrogen-bond donors (Lipinski definition) is 2. The number of benzene rings is 1. The Balaban J connectivity index is 1.93. The molecule has 6 nitrogen and oxygen atoms in total. The lowest BCUT2D eigenvalue weighted by molar-refractivity contribution is 0.102. The van der Waals surface area contributed by atoms with Crippen LogP contribution < -0.4 is 15.4 Å². The second-order valence-corrected chi connectivity index (χ2v) is 5.42. The molecule has 7 heteroatoms. The van der Waals surface area contributed by atoms with Crippen molar-refractivity contribution in [3.8, 4) is 5.75 Å². The second-order valence-electron chi connectivity index (χ2n) is 5.01. The lowest BCUT2D eigenvalue weighted by Gasteiger charge is -2.09. The van der Waals surface area contributed by atoms with E-state index < -0.39 is 0 Å². The number of rotatable bonds is 8. The number of nitrogens with zero attached hydrogens (tertiary/aromatic N) is 1. The van der Waals surface area contributed by atoms with Crippen molar-refractivity contribution in [3.63, 3.8) is 0 Å². The Bertz CT molecular complexity index is 677. The highest BCUT2D eigenvalue weighted by molar-refractivity contribution is 6.32. The van der Waals surface area contributed by atoms with Crippen LogP contribution in [0, 0.1) is 0 Å². The van der Waals surface area contributed by atoms with E-state index in [9.17, 15) is 4.79 Å². The second kappa shape index (κ2) is 9.10. The van der Waals surface area contributed by atoms with Crippen LogP contribution in [-0.4, -0.2) is 38.3 Å². The molecule has 0 saturated heterocycles. The monoisotopic (exact) mass is 349 g/mol. The maximum atomic E-state index is 12.2. The molecule has 2 aromatic rings. The maximum Gasteiger partial charge on any atom is 0.257 e. The summed E-state index contributed by atoms with van der Waals surface area (Å²) in [7, 11) is 3.21. The van der Waals surface area contributed by atoms with Crippen molar-refractivity contribution in [2.75, 3.05) is 38.0 Å². The highest BCUT2D eigenvalue weighted by Gasteiger charge is 2.08. The van der Waals surface area contributed by atoms with Crippen LogP contribution in [0.2, 0.25) is 5.02 Å². The SMILES string of the molecule is COCCCNc1ccc(C(=O)Nc2ccc(OC)c(Cl)c2)cn1. The van der Waals surface area contributed by atoms with Crippen LogP contribution in [0.15, 0.2) is 36.5 Å². The lowest BCUT2D eigenvalue weighted by atomic mass is 10.2. The van der Waals surface area contributed by atoms with E-state index in [2.05, 4.69) is 15.6 Å². The Labute approximate surface area is 146 Å². The lowest BCUT2D eigenvalue weighted by Crippen LogP contribution is -2.13. The first-order valence-electron chi connectivity index (χ1n) is 7.48. The fraction of sp³-hybridized carbons (Fsp3) is 0.294. The standard InChI is InChI=1S/C17H20ClN3O3/c1-23-9-3-8-19-16-7-4-12(11-20-16)17(22)21-13-5-6-15(24-2)14(18)10-13/h4-7,10-11H,3,8-9H2,1-2H3,(H,19,20)(H,21,22). The highest BCUT2D eigenvalue weighted by Crippen LogP contribution is 2.27. The molecule has 24 heavy (non-hydrogen) atoms. The number of aromatic nitrogens is 1. The van der Waals surface area contributed by atoms with Crippen molar-refractivity contribution in [1.29, 1.82) is 0 Å². The molecular formula is C17H20ClN3O3. The number of carbonyl (C=O) groups is 1. The van der Waals surface area contributed by atoms with Gasteiger partial charge < -0.3 is 20.1 Å². The van der Waals surface area contributed by atoms with Gasteiger partial charge in [0.1, 0.15) is 11.6 Å².